The van der Waals surface area contributed by atoms with Crippen molar-refractivity contribution in [1.82, 2.24) is 14.3 Å². The number of rotatable bonds is 6. The molecule has 0 aliphatic rings. The smallest absolute Gasteiger partial charge is 0.286 e. The molecular formula is C13H13Cl2N3O3S. The van der Waals surface area contributed by atoms with E-state index >= 15 is 0 Å². The van der Waals surface area contributed by atoms with Gasteiger partial charge in [0, 0.05) is 12.4 Å². The second-order valence-electron chi connectivity index (χ2n) is 4.37. The molecule has 1 aromatic heterocycles. The van der Waals surface area contributed by atoms with E-state index in [1.807, 2.05) is 4.72 Å². The van der Waals surface area contributed by atoms with Crippen molar-refractivity contribution < 1.29 is 13.2 Å². The molecule has 0 unspecified atom stereocenters. The van der Waals surface area contributed by atoms with Crippen LogP contribution >= 0.6 is 23.2 Å². The summed E-state index contributed by atoms with van der Waals surface area (Å²) in [5, 5.41) is 0.0749. The Hall–Kier alpha value is -1.57. The van der Waals surface area contributed by atoms with Crippen molar-refractivity contribution >= 4 is 39.1 Å². The van der Waals surface area contributed by atoms with Crippen molar-refractivity contribution in [2.45, 2.75) is 17.9 Å². The zero-order valence-corrected chi connectivity index (χ0v) is 13.7. The maximum Gasteiger partial charge on any atom is 0.286 e. The Bertz CT molecular complexity index is 760. The first-order valence-corrected chi connectivity index (χ1v) is 8.74. The molecule has 6 nitrogen and oxygen atoms in total. The highest BCUT2D eigenvalue weighted by molar-refractivity contribution is 7.90. The summed E-state index contributed by atoms with van der Waals surface area (Å²) in [6.45, 7) is 0.494. The molecule has 1 amide bonds. The molecule has 0 radical (unpaired) electrons. The molecule has 118 valence electrons. The van der Waals surface area contributed by atoms with E-state index in [2.05, 4.69) is 4.98 Å². The molecule has 1 heterocycles. The van der Waals surface area contributed by atoms with Gasteiger partial charge in [0.1, 0.15) is 5.15 Å². The van der Waals surface area contributed by atoms with Crippen molar-refractivity contribution in [3.63, 3.8) is 0 Å². The number of imidazole rings is 1. The molecule has 0 atom stereocenters. The Balaban J connectivity index is 2.18. The molecule has 0 spiro atoms. The molecule has 9 heteroatoms. The Morgan fingerprint density at radius 1 is 1.27 bits per heavy atom. The number of benzene rings is 1. The number of carbonyl (C=O) groups excluding carboxylic acids is 1. The van der Waals surface area contributed by atoms with Gasteiger partial charge in [0.15, 0.2) is 5.69 Å². The van der Waals surface area contributed by atoms with E-state index < -0.39 is 15.9 Å². The van der Waals surface area contributed by atoms with Crippen LogP contribution in [-0.2, 0) is 16.6 Å². The van der Waals surface area contributed by atoms with Crippen LogP contribution in [0.15, 0.2) is 41.6 Å². The first-order chi connectivity index (χ1) is 10.5. The van der Waals surface area contributed by atoms with Crippen LogP contribution in [0.5, 0.6) is 0 Å². The number of alkyl halides is 1. The second kappa shape index (κ2) is 7.13. The van der Waals surface area contributed by atoms with Gasteiger partial charge < -0.3 is 4.57 Å². The fraction of sp³-hybridized carbons (Fsp3) is 0.231. The number of aryl methyl sites for hydroxylation is 1. The van der Waals surface area contributed by atoms with E-state index in [1.54, 1.807) is 18.2 Å². The fourth-order valence-electron chi connectivity index (χ4n) is 1.73. The summed E-state index contributed by atoms with van der Waals surface area (Å²) in [4.78, 5) is 15.9. The molecule has 2 aromatic rings. The largest absolute Gasteiger partial charge is 0.321 e. The lowest BCUT2D eigenvalue weighted by molar-refractivity contribution is 0.0977. The van der Waals surface area contributed by atoms with Crippen LogP contribution < -0.4 is 4.72 Å². The number of amides is 1. The number of nitrogens with zero attached hydrogens (tertiary/aromatic N) is 2. The maximum atomic E-state index is 12.1. The Morgan fingerprint density at radius 2 is 1.95 bits per heavy atom. The van der Waals surface area contributed by atoms with Gasteiger partial charge in [-0.25, -0.2) is 18.1 Å². The van der Waals surface area contributed by atoms with Gasteiger partial charge in [0.2, 0.25) is 0 Å². The monoisotopic (exact) mass is 361 g/mol. The average Bonchev–Trinajstić information content (AvgIpc) is 2.86. The zero-order valence-electron chi connectivity index (χ0n) is 11.4. The molecule has 0 aliphatic carbocycles. The normalized spacial score (nSPS) is 11.4. The number of hydrogen-bond acceptors (Lipinski definition) is 4. The maximum absolute atomic E-state index is 12.1. The topological polar surface area (TPSA) is 81.1 Å². The predicted molar refractivity (Wildman–Crippen MR) is 83.7 cm³/mol. The molecule has 0 saturated carbocycles. The fourth-order valence-corrected chi connectivity index (χ4v) is 3.09. The van der Waals surface area contributed by atoms with Crippen LogP contribution in [0.3, 0.4) is 0 Å². The summed E-state index contributed by atoms with van der Waals surface area (Å²) >= 11 is 11.6. The Morgan fingerprint density at radius 3 is 2.59 bits per heavy atom. The molecule has 1 N–H and O–H groups in total. The number of sulfonamides is 1. The summed E-state index contributed by atoms with van der Waals surface area (Å²) in [5.41, 5.74) is -0.143. The first-order valence-electron chi connectivity index (χ1n) is 6.34. The highest BCUT2D eigenvalue weighted by Gasteiger charge is 2.23. The number of hydrogen-bond donors (Lipinski definition) is 1. The van der Waals surface area contributed by atoms with Crippen LogP contribution in [0.1, 0.15) is 16.9 Å². The molecule has 0 fully saturated rings. The minimum absolute atomic E-state index is 0.0129. The highest BCUT2D eigenvalue weighted by atomic mass is 35.5. The third-order valence-electron chi connectivity index (χ3n) is 2.80. The van der Waals surface area contributed by atoms with Gasteiger partial charge in [-0.2, -0.15) is 0 Å². The summed E-state index contributed by atoms with van der Waals surface area (Å²) < 4.78 is 27.6. The van der Waals surface area contributed by atoms with Crippen LogP contribution in [-0.4, -0.2) is 29.8 Å². The van der Waals surface area contributed by atoms with E-state index in [1.165, 1.54) is 23.0 Å². The van der Waals surface area contributed by atoms with Gasteiger partial charge in [-0.1, -0.05) is 29.8 Å². The van der Waals surface area contributed by atoms with Crippen LogP contribution in [0.25, 0.3) is 0 Å². The number of halogens is 2. The number of carbonyl (C=O) groups is 1. The molecule has 0 bridgehead atoms. The lowest BCUT2D eigenvalue weighted by atomic mass is 10.4. The van der Waals surface area contributed by atoms with Gasteiger partial charge in [-0.3, -0.25) is 4.79 Å². The summed E-state index contributed by atoms with van der Waals surface area (Å²) in [6, 6.07) is 7.57. The lowest BCUT2D eigenvalue weighted by Crippen LogP contribution is -2.31. The van der Waals surface area contributed by atoms with E-state index in [4.69, 9.17) is 23.2 Å². The van der Waals surface area contributed by atoms with E-state index in [-0.39, 0.29) is 15.7 Å². The van der Waals surface area contributed by atoms with Gasteiger partial charge in [-0.05, 0) is 18.6 Å². The minimum Gasteiger partial charge on any atom is -0.321 e. The highest BCUT2D eigenvalue weighted by Crippen LogP contribution is 2.16. The predicted octanol–water partition coefficient (Wildman–Crippen LogP) is 2.28. The SMILES string of the molecule is O=C(NS(=O)(=O)c1ccccc1)c1ncn(CCCCl)c1Cl. The van der Waals surface area contributed by atoms with Crippen molar-refractivity contribution in [3.05, 3.63) is 47.5 Å². The molecular weight excluding hydrogens is 349 g/mol. The van der Waals surface area contributed by atoms with Crippen molar-refractivity contribution in [3.8, 4) is 0 Å². The van der Waals surface area contributed by atoms with Gasteiger partial charge >= 0.3 is 0 Å². The Kier molecular flexibility index (Phi) is 5.44. The van der Waals surface area contributed by atoms with E-state index in [0.29, 0.717) is 18.8 Å². The second-order valence-corrected chi connectivity index (χ2v) is 6.79. The molecule has 1 aromatic carbocycles. The Labute approximate surface area is 138 Å². The minimum atomic E-state index is -3.96. The van der Waals surface area contributed by atoms with E-state index in [0.717, 1.165) is 0 Å². The van der Waals surface area contributed by atoms with Gasteiger partial charge in [-0.15, -0.1) is 11.6 Å². The molecule has 0 aliphatic heterocycles. The van der Waals surface area contributed by atoms with Crippen LogP contribution in [0, 0.1) is 0 Å². The average molecular weight is 362 g/mol. The summed E-state index contributed by atoms with van der Waals surface area (Å²) in [5.74, 6) is -0.434. The number of aromatic nitrogens is 2. The number of nitrogens with one attached hydrogen (secondary N) is 1. The lowest BCUT2D eigenvalue weighted by Gasteiger charge is -2.06. The van der Waals surface area contributed by atoms with Crippen LogP contribution in [0.4, 0.5) is 0 Å². The van der Waals surface area contributed by atoms with Gasteiger partial charge in [0.05, 0.1) is 11.2 Å². The third-order valence-corrected chi connectivity index (χ3v) is 4.81. The summed E-state index contributed by atoms with van der Waals surface area (Å²) in [6.07, 6.45) is 2.03. The molecule has 22 heavy (non-hydrogen) atoms. The summed E-state index contributed by atoms with van der Waals surface area (Å²) in [7, 11) is -3.96. The third kappa shape index (κ3) is 3.79. The van der Waals surface area contributed by atoms with Crippen molar-refractivity contribution in [1.29, 1.82) is 0 Å². The van der Waals surface area contributed by atoms with E-state index in [9.17, 15) is 13.2 Å². The van der Waals surface area contributed by atoms with Crippen molar-refractivity contribution in [2.75, 3.05) is 5.88 Å². The molecule has 0 saturated heterocycles. The standard InChI is InChI=1S/C13H13Cl2N3O3S/c14-7-4-8-18-9-16-11(12(18)15)13(19)17-22(20,21)10-5-2-1-3-6-10/h1-3,5-6,9H,4,7-8H2,(H,17,19). The zero-order chi connectivity index (χ0) is 16.2. The first kappa shape index (κ1) is 16.8. The van der Waals surface area contributed by atoms with Gasteiger partial charge in [0.25, 0.3) is 15.9 Å². The van der Waals surface area contributed by atoms with Crippen molar-refractivity contribution in [2.24, 2.45) is 0 Å². The quantitative estimate of drug-likeness (QED) is 0.800. The molecule has 2 rings (SSSR count). The van der Waals surface area contributed by atoms with Crippen LogP contribution in [0.2, 0.25) is 5.15 Å².